The van der Waals surface area contributed by atoms with E-state index in [0.717, 1.165) is 36.5 Å². The van der Waals surface area contributed by atoms with Crippen LogP contribution in [0.2, 0.25) is 0 Å². The molecule has 0 amide bonds. The molecule has 0 atom stereocenters. The van der Waals surface area contributed by atoms with Crippen LogP contribution in [0, 0.1) is 5.92 Å². The molecule has 0 aliphatic heterocycles. The fourth-order valence-corrected chi connectivity index (χ4v) is 4.11. The van der Waals surface area contributed by atoms with Gasteiger partial charge >= 0.3 is 0 Å². The molecule has 0 unspecified atom stereocenters. The molecule has 2 N–H and O–H groups in total. The molecule has 1 aliphatic rings. The van der Waals surface area contributed by atoms with E-state index in [1.807, 2.05) is 18.2 Å². The van der Waals surface area contributed by atoms with Crippen molar-refractivity contribution in [3.8, 4) is 11.4 Å². The van der Waals surface area contributed by atoms with Gasteiger partial charge in [0.2, 0.25) is 0 Å². The SMILES string of the molecule is CN(Cc1cccc(-c2nc(CC3CCCC3)cc(=O)[nH]2)c1)Cc1ccn[nH]1. The van der Waals surface area contributed by atoms with Crippen LogP contribution < -0.4 is 5.56 Å². The Hall–Kier alpha value is -2.73. The largest absolute Gasteiger partial charge is 0.307 e. The van der Waals surface area contributed by atoms with Crippen molar-refractivity contribution in [2.24, 2.45) is 5.92 Å². The van der Waals surface area contributed by atoms with Crippen LogP contribution in [0.15, 0.2) is 47.4 Å². The Morgan fingerprint density at radius 3 is 2.79 bits per heavy atom. The fourth-order valence-electron chi connectivity index (χ4n) is 4.11. The van der Waals surface area contributed by atoms with E-state index in [9.17, 15) is 4.79 Å². The summed E-state index contributed by atoms with van der Waals surface area (Å²) < 4.78 is 0. The number of nitrogens with one attached hydrogen (secondary N) is 2. The van der Waals surface area contributed by atoms with Gasteiger partial charge in [0, 0.05) is 42.3 Å². The number of rotatable bonds is 7. The molecular formula is C22H27N5O. The average Bonchev–Trinajstić information content (AvgIpc) is 3.35. The number of aromatic nitrogens is 4. The molecule has 0 spiro atoms. The minimum atomic E-state index is -0.0697. The van der Waals surface area contributed by atoms with Gasteiger partial charge in [-0.15, -0.1) is 0 Å². The number of aromatic amines is 2. The summed E-state index contributed by atoms with van der Waals surface area (Å²) in [7, 11) is 2.08. The summed E-state index contributed by atoms with van der Waals surface area (Å²) in [5.41, 5.74) is 4.07. The number of H-pyrrole nitrogens is 2. The molecule has 6 nitrogen and oxygen atoms in total. The van der Waals surface area contributed by atoms with E-state index in [1.165, 1.54) is 31.2 Å². The minimum Gasteiger partial charge on any atom is -0.307 e. The van der Waals surface area contributed by atoms with Gasteiger partial charge < -0.3 is 4.98 Å². The van der Waals surface area contributed by atoms with Crippen LogP contribution in [0.4, 0.5) is 0 Å². The van der Waals surface area contributed by atoms with Crippen molar-refractivity contribution in [2.75, 3.05) is 7.05 Å². The lowest BCUT2D eigenvalue weighted by atomic mass is 10.0. The van der Waals surface area contributed by atoms with E-state index in [2.05, 4.69) is 39.3 Å². The van der Waals surface area contributed by atoms with Crippen molar-refractivity contribution in [1.29, 1.82) is 0 Å². The smallest absolute Gasteiger partial charge is 0.251 e. The third-order valence-electron chi connectivity index (χ3n) is 5.42. The second kappa shape index (κ2) is 8.52. The lowest BCUT2D eigenvalue weighted by Crippen LogP contribution is -2.17. The van der Waals surface area contributed by atoms with E-state index in [4.69, 9.17) is 4.98 Å². The Morgan fingerprint density at radius 2 is 2.00 bits per heavy atom. The van der Waals surface area contributed by atoms with Crippen molar-refractivity contribution < 1.29 is 0 Å². The Balaban J connectivity index is 1.50. The summed E-state index contributed by atoms with van der Waals surface area (Å²) in [6.07, 6.45) is 7.78. The van der Waals surface area contributed by atoms with Gasteiger partial charge in [-0.3, -0.25) is 14.8 Å². The molecule has 0 bridgehead atoms. The molecule has 2 aromatic heterocycles. The zero-order chi connectivity index (χ0) is 19.3. The number of hydrogen-bond acceptors (Lipinski definition) is 4. The summed E-state index contributed by atoms with van der Waals surface area (Å²) in [5, 5.41) is 6.99. The first-order valence-electron chi connectivity index (χ1n) is 10.0. The van der Waals surface area contributed by atoms with Crippen LogP contribution in [-0.2, 0) is 19.5 Å². The van der Waals surface area contributed by atoms with E-state index >= 15 is 0 Å². The summed E-state index contributed by atoms with van der Waals surface area (Å²) in [6, 6.07) is 11.9. The molecule has 1 fully saturated rings. The molecule has 28 heavy (non-hydrogen) atoms. The molecule has 1 saturated carbocycles. The van der Waals surface area contributed by atoms with Gasteiger partial charge in [0.15, 0.2) is 0 Å². The topological polar surface area (TPSA) is 77.7 Å². The first-order valence-corrected chi connectivity index (χ1v) is 10.0. The van der Waals surface area contributed by atoms with Crippen molar-refractivity contribution in [3.63, 3.8) is 0 Å². The molecule has 146 valence electrons. The maximum absolute atomic E-state index is 12.2. The third kappa shape index (κ3) is 4.75. The highest BCUT2D eigenvalue weighted by Gasteiger charge is 2.17. The monoisotopic (exact) mass is 377 g/mol. The molecule has 3 aromatic rings. The van der Waals surface area contributed by atoms with Gasteiger partial charge in [0.25, 0.3) is 5.56 Å². The maximum atomic E-state index is 12.2. The number of nitrogens with zero attached hydrogens (tertiary/aromatic N) is 3. The van der Waals surface area contributed by atoms with Crippen LogP contribution in [0.3, 0.4) is 0 Å². The van der Waals surface area contributed by atoms with Crippen LogP contribution >= 0.6 is 0 Å². The first kappa shape index (κ1) is 18.6. The molecule has 4 rings (SSSR count). The van der Waals surface area contributed by atoms with Crippen LogP contribution in [0.1, 0.15) is 42.6 Å². The van der Waals surface area contributed by atoms with Crippen molar-refractivity contribution in [3.05, 3.63) is 69.9 Å². The Kier molecular flexibility index (Phi) is 5.67. The van der Waals surface area contributed by atoms with E-state index in [-0.39, 0.29) is 5.56 Å². The van der Waals surface area contributed by atoms with Crippen molar-refractivity contribution in [2.45, 2.75) is 45.2 Å². The predicted octanol–water partition coefficient (Wildman–Crippen LogP) is 3.52. The van der Waals surface area contributed by atoms with Crippen molar-refractivity contribution >= 4 is 0 Å². The highest BCUT2D eigenvalue weighted by Crippen LogP contribution is 2.27. The van der Waals surface area contributed by atoms with Gasteiger partial charge in [-0.1, -0.05) is 43.9 Å². The molecular weight excluding hydrogens is 350 g/mol. The van der Waals surface area contributed by atoms with Crippen molar-refractivity contribution in [1.82, 2.24) is 25.1 Å². The predicted molar refractivity (Wildman–Crippen MR) is 110 cm³/mol. The number of hydrogen-bond donors (Lipinski definition) is 2. The molecule has 0 saturated heterocycles. The summed E-state index contributed by atoms with van der Waals surface area (Å²) in [4.78, 5) is 22.1. The minimum absolute atomic E-state index is 0.0697. The third-order valence-corrected chi connectivity index (χ3v) is 5.42. The van der Waals surface area contributed by atoms with Crippen LogP contribution in [0.5, 0.6) is 0 Å². The molecule has 6 heteroatoms. The lowest BCUT2D eigenvalue weighted by molar-refractivity contribution is 0.315. The normalized spacial score (nSPS) is 14.8. The van der Waals surface area contributed by atoms with Gasteiger partial charge in [0.1, 0.15) is 5.82 Å². The standard InChI is InChI=1S/C22H27N5O/c1-27(15-19-9-10-23-26-19)14-17-7-4-8-18(11-17)22-24-20(13-21(28)25-22)12-16-5-2-3-6-16/h4,7-11,13,16H,2-3,5-6,12,14-15H2,1H3,(H,23,26)(H,24,25,28). The van der Waals surface area contributed by atoms with E-state index < -0.39 is 0 Å². The highest BCUT2D eigenvalue weighted by molar-refractivity contribution is 5.56. The van der Waals surface area contributed by atoms with Gasteiger partial charge in [-0.2, -0.15) is 5.10 Å². The Bertz CT molecular complexity index is 957. The quantitative estimate of drug-likeness (QED) is 0.660. The summed E-state index contributed by atoms with van der Waals surface area (Å²) in [5.74, 6) is 1.34. The summed E-state index contributed by atoms with van der Waals surface area (Å²) in [6.45, 7) is 1.61. The van der Waals surface area contributed by atoms with Gasteiger partial charge in [-0.05, 0) is 37.1 Å². The zero-order valence-corrected chi connectivity index (χ0v) is 16.3. The fraction of sp³-hybridized carbons (Fsp3) is 0.409. The van der Waals surface area contributed by atoms with Crippen LogP contribution in [-0.4, -0.2) is 32.1 Å². The highest BCUT2D eigenvalue weighted by atomic mass is 16.1. The van der Waals surface area contributed by atoms with Gasteiger partial charge in [0.05, 0.1) is 0 Å². The Morgan fingerprint density at radius 1 is 1.14 bits per heavy atom. The van der Waals surface area contributed by atoms with E-state index in [0.29, 0.717) is 11.7 Å². The summed E-state index contributed by atoms with van der Waals surface area (Å²) >= 11 is 0. The Labute approximate surface area is 165 Å². The number of benzene rings is 1. The van der Waals surface area contributed by atoms with Crippen LogP contribution in [0.25, 0.3) is 11.4 Å². The molecule has 2 heterocycles. The average molecular weight is 377 g/mol. The molecule has 1 aliphatic carbocycles. The lowest BCUT2D eigenvalue weighted by Gasteiger charge is -2.16. The first-order chi connectivity index (χ1) is 13.7. The molecule has 1 aromatic carbocycles. The zero-order valence-electron chi connectivity index (χ0n) is 16.3. The van der Waals surface area contributed by atoms with E-state index in [1.54, 1.807) is 12.3 Å². The maximum Gasteiger partial charge on any atom is 0.251 e. The van der Waals surface area contributed by atoms with Gasteiger partial charge in [-0.25, -0.2) is 4.98 Å². The second-order valence-corrected chi connectivity index (χ2v) is 7.89. The second-order valence-electron chi connectivity index (χ2n) is 7.89. The molecule has 0 radical (unpaired) electrons.